The van der Waals surface area contributed by atoms with Crippen LogP contribution in [0.3, 0.4) is 0 Å². The number of hydrogen-bond acceptors (Lipinski definition) is 5. The first-order chi connectivity index (χ1) is 10.2. The highest BCUT2D eigenvalue weighted by molar-refractivity contribution is 5.89. The van der Waals surface area contributed by atoms with Gasteiger partial charge in [0.15, 0.2) is 5.82 Å². The molecule has 3 N–H and O–H groups in total. The molecule has 0 aliphatic heterocycles. The maximum atomic E-state index is 11.1. The lowest BCUT2D eigenvalue weighted by Gasteiger charge is -2.07. The number of aromatic nitrogens is 4. The van der Waals surface area contributed by atoms with Gasteiger partial charge in [-0.3, -0.25) is 4.79 Å². The number of hydrogen-bond donors (Lipinski definition) is 2. The lowest BCUT2D eigenvalue weighted by atomic mass is 10.2. The highest BCUT2D eigenvalue weighted by atomic mass is 16.1. The molecule has 3 rings (SSSR count). The van der Waals surface area contributed by atoms with Gasteiger partial charge in [0, 0.05) is 30.9 Å². The van der Waals surface area contributed by atoms with Crippen molar-refractivity contribution in [2.75, 3.05) is 11.9 Å². The van der Waals surface area contributed by atoms with Crippen LogP contribution in [0, 0.1) is 6.20 Å². The molecule has 3 aromatic rings. The molecule has 0 atom stereocenters. The number of rotatable bonds is 5. The fraction of sp³-hybridized carbons (Fsp3) is 0.143. The standard InChI is InChI=1S/C14H13N6O/c15-12(21)13-16-5-7-20(13)8-6-17-14-18-9-10-3-1-2-4-11(10)19-14/h1-4,7,9H,6,8H2,(H2,15,21)(H,17,18,19). The van der Waals surface area contributed by atoms with Gasteiger partial charge in [0.1, 0.15) is 6.20 Å². The molecule has 105 valence electrons. The second-order valence-corrected chi connectivity index (χ2v) is 4.43. The molecule has 0 aliphatic rings. The Kier molecular flexibility index (Phi) is 3.46. The van der Waals surface area contributed by atoms with Crippen LogP contribution >= 0.6 is 0 Å². The van der Waals surface area contributed by atoms with Crippen molar-refractivity contribution in [2.24, 2.45) is 5.73 Å². The largest absolute Gasteiger partial charge is 0.363 e. The first-order valence-corrected chi connectivity index (χ1v) is 6.43. The summed E-state index contributed by atoms with van der Waals surface area (Å²) in [5.41, 5.74) is 6.10. The summed E-state index contributed by atoms with van der Waals surface area (Å²) in [6, 6.07) is 7.76. The van der Waals surface area contributed by atoms with Crippen LogP contribution in [0.4, 0.5) is 5.95 Å². The molecule has 1 aromatic carbocycles. The first kappa shape index (κ1) is 13.0. The molecule has 0 bridgehead atoms. The summed E-state index contributed by atoms with van der Waals surface area (Å²) in [5.74, 6) is 0.160. The van der Waals surface area contributed by atoms with Crippen LogP contribution in [0.5, 0.6) is 0 Å². The monoisotopic (exact) mass is 281 g/mol. The highest BCUT2D eigenvalue weighted by Gasteiger charge is 2.08. The maximum absolute atomic E-state index is 11.1. The van der Waals surface area contributed by atoms with E-state index in [1.54, 1.807) is 17.0 Å². The third-order valence-corrected chi connectivity index (χ3v) is 3.00. The van der Waals surface area contributed by atoms with Gasteiger partial charge in [0.2, 0.25) is 5.95 Å². The van der Waals surface area contributed by atoms with Crippen molar-refractivity contribution in [3.8, 4) is 0 Å². The average molecular weight is 281 g/mol. The van der Waals surface area contributed by atoms with E-state index in [1.807, 2.05) is 24.3 Å². The van der Waals surface area contributed by atoms with Gasteiger partial charge >= 0.3 is 0 Å². The number of para-hydroxylation sites is 1. The Balaban J connectivity index is 1.66. The molecule has 0 aliphatic carbocycles. The molecule has 2 aromatic heterocycles. The van der Waals surface area contributed by atoms with Gasteiger partial charge in [-0.2, -0.15) is 0 Å². The van der Waals surface area contributed by atoms with Gasteiger partial charge in [-0.15, -0.1) is 0 Å². The summed E-state index contributed by atoms with van der Waals surface area (Å²) in [6.07, 6.45) is 5.96. The van der Waals surface area contributed by atoms with E-state index in [2.05, 4.69) is 26.5 Å². The van der Waals surface area contributed by atoms with Crippen molar-refractivity contribution in [3.63, 3.8) is 0 Å². The zero-order valence-electron chi connectivity index (χ0n) is 11.2. The summed E-state index contributed by atoms with van der Waals surface area (Å²) >= 11 is 0. The van der Waals surface area contributed by atoms with E-state index in [-0.39, 0.29) is 5.82 Å². The van der Waals surface area contributed by atoms with E-state index >= 15 is 0 Å². The van der Waals surface area contributed by atoms with Crippen molar-refractivity contribution in [1.29, 1.82) is 0 Å². The van der Waals surface area contributed by atoms with Crippen molar-refractivity contribution < 1.29 is 4.79 Å². The smallest absolute Gasteiger partial charge is 0.284 e. The van der Waals surface area contributed by atoms with Crippen LogP contribution in [-0.2, 0) is 6.54 Å². The fourth-order valence-electron chi connectivity index (χ4n) is 2.00. The second kappa shape index (κ2) is 5.58. The van der Waals surface area contributed by atoms with Crippen LogP contribution in [0.15, 0.2) is 36.7 Å². The third kappa shape index (κ3) is 2.81. The summed E-state index contributed by atoms with van der Waals surface area (Å²) in [6.45, 7) is 1.06. The van der Waals surface area contributed by atoms with Crippen molar-refractivity contribution >= 4 is 22.8 Å². The molecule has 1 radical (unpaired) electrons. The van der Waals surface area contributed by atoms with E-state index in [1.165, 1.54) is 0 Å². The summed E-state index contributed by atoms with van der Waals surface area (Å²) in [7, 11) is 0. The predicted molar refractivity (Wildman–Crippen MR) is 77.6 cm³/mol. The van der Waals surface area contributed by atoms with Crippen molar-refractivity contribution in [3.05, 3.63) is 48.7 Å². The van der Waals surface area contributed by atoms with Crippen LogP contribution in [0.1, 0.15) is 10.6 Å². The van der Waals surface area contributed by atoms with Crippen LogP contribution < -0.4 is 11.1 Å². The van der Waals surface area contributed by atoms with Gasteiger partial charge in [-0.25, -0.2) is 15.0 Å². The van der Waals surface area contributed by atoms with Gasteiger partial charge in [-0.1, -0.05) is 18.2 Å². The third-order valence-electron chi connectivity index (χ3n) is 3.00. The number of benzene rings is 1. The van der Waals surface area contributed by atoms with Crippen LogP contribution in [-0.4, -0.2) is 32.0 Å². The Morgan fingerprint density at radius 1 is 1.38 bits per heavy atom. The molecular weight excluding hydrogens is 268 g/mol. The number of imidazole rings is 1. The van der Waals surface area contributed by atoms with E-state index in [9.17, 15) is 4.79 Å². The molecule has 0 fully saturated rings. The highest BCUT2D eigenvalue weighted by Crippen LogP contribution is 2.11. The average Bonchev–Trinajstić information content (AvgIpc) is 2.96. The van der Waals surface area contributed by atoms with Gasteiger partial charge in [0.05, 0.1) is 5.52 Å². The topological polar surface area (TPSA) is 98.7 Å². The Morgan fingerprint density at radius 2 is 2.24 bits per heavy atom. The maximum Gasteiger partial charge on any atom is 0.284 e. The van der Waals surface area contributed by atoms with Crippen molar-refractivity contribution in [2.45, 2.75) is 6.54 Å². The molecule has 0 spiro atoms. The molecule has 7 nitrogen and oxygen atoms in total. The second-order valence-electron chi connectivity index (χ2n) is 4.43. The van der Waals surface area contributed by atoms with E-state index in [0.717, 1.165) is 10.9 Å². The lowest BCUT2D eigenvalue weighted by Crippen LogP contribution is -2.20. The molecule has 1 amide bonds. The van der Waals surface area contributed by atoms with E-state index in [0.29, 0.717) is 19.0 Å². The molecule has 0 saturated carbocycles. The Labute approximate surface area is 120 Å². The van der Waals surface area contributed by atoms with Gasteiger partial charge < -0.3 is 15.6 Å². The minimum absolute atomic E-state index is 0.191. The minimum Gasteiger partial charge on any atom is -0.363 e. The molecule has 7 heteroatoms. The molecular formula is C14H13N6O. The number of anilines is 1. The molecule has 21 heavy (non-hydrogen) atoms. The Hall–Kier alpha value is -2.96. The first-order valence-electron chi connectivity index (χ1n) is 6.43. The lowest BCUT2D eigenvalue weighted by molar-refractivity contribution is 0.0986. The molecule has 2 heterocycles. The number of carbonyl (C=O) groups is 1. The van der Waals surface area contributed by atoms with Gasteiger partial charge in [0.25, 0.3) is 5.91 Å². The number of carbonyl (C=O) groups excluding carboxylic acids is 1. The number of amides is 1. The minimum atomic E-state index is -0.571. The quantitative estimate of drug-likeness (QED) is 0.722. The van der Waals surface area contributed by atoms with E-state index < -0.39 is 5.91 Å². The number of nitrogens with zero attached hydrogens (tertiary/aromatic N) is 4. The zero-order chi connectivity index (χ0) is 14.7. The number of nitrogens with one attached hydrogen (secondary N) is 1. The van der Waals surface area contributed by atoms with E-state index in [4.69, 9.17) is 5.73 Å². The summed E-state index contributed by atoms with van der Waals surface area (Å²) in [5, 5.41) is 4.09. The van der Waals surface area contributed by atoms with Crippen molar-refractivity contribution in [1.82, 2.24) is 19.5 Å². The summed E-state index contributed by atoms with van der Waals surface area (Å²) < 4.78 is 1.64. The molecule has 0 unspecified atom stereocenters. The zero-order valence-corrected chi connectivity index (χ0v) is 11.2. The normalized spacial score (nSPS) is 10.7. The van der Waals surface area contributed by atoms with Crippen LogP contribution in [0.2, 0.25) is 0 Å². The predicted octanol–water partition coefficient (Wildman–Crippen LogP) is 0.837. The number of fused-ring (bicyclic) bond motifs is 1. The summed E-state index contributed by atoms with van der Waals surface area (Å²) in [4.78, 5) is 23.6. The van der Waals surface area contributed by atoms with Crippen LogP contribution in [0.25, 0.3) is 10.9 Å². The van der Waals surface area contributed by atoms with Gasteiger partial charge in [-0.05, 0) is 6.07 Å². The molecule has 0 saturated heterocycles. The fourth-order valence-corrected chi connectivity index (χ4v) is 2.00. The SMILES string of the molecule is NC(=O)c1n[c]cn1CCNc1ncc2ccccc2n1. The number of nitrogens with two attached hydrogens (primary N) is 1. The Bertz CT molecular complexity index is 782. The number of primary amides is 1. The Morgan fingerprint density at radius 3 is 3.10 bits per heavy atom.